The van der Waals surface area contributed by atoms with E-state index in [9.17, 15) is 4.80 Å². The van der Waals surface area contributed by atoms with Crippen LogP contribution in [0.25, 0.3) is 0 Å². The Kier molecular flexibility index (Phi) is 8.45. The van der Waals surface area contributed by atoms with Crippen molar-refractivity contribution in [3.8, 4) is 0 Å². The Hall–Kier alpha value is 0.357. The molecule has 0 amide bonds. The molecule has 60 valence electrons. The van der Waals surface area contributed by atoms with Crippen molar-refractivity contribution in [1.82, 2.24) is 0 Å². The predicted octanol–water partition coefficient (Wildman–Crippen LogP) is -3.91. The maximum Gasteiger partial charge on any atom is 1.00 e. The average molecular weight is 190 g/mol. The average Bonchev–Trinajstić information content (AvgIpc) is 1.95. The Morgan fingerprint density at radius 1 is 1.25 bits per heavy atom. The fourth-order valence-corrected chi connectivity index (χ4v) is 1.38. The zero-order valence-electron chi connectivity index (χ0n) is 7.64. The number of hydrogen-bond donors (Lipinski definition) is 0. The van der Waals surface area contributed by atoms with Crippen LogP contribution in [0.15, 0.2) is 18.2 Å². The van der Waals surface area contributed by atoms with Gasteiger partial charge >= 0.3 is 29.6 Å². The van der Waals surface area contributed by atoms with Crippen molar-refractivity contribution in [2.75, 3.05) is 0 Å². The topological polar surface area (TPSA) is 54.6 Å². The van der Waals surface area contributed by atoms with Crippen molar-refractivity contribution in [3.05, 3.63) is 29.3 Å². The van der Waals surface area contributed by atoms with Gasteiger partial charge in [0.2, 0.25) is 0 Å². The standard InChI is InChI=1S/C8H9OSi.Na.H2O/c1-6-4-3-5-8(10-9)7(6)2;;/h3-5H,1-2H3;;1H2/q-1;+1;. The molecule has 0 aliphatic heterocycles. The maximum absolute atomic E-state index is 10.5. The predicted molar refractivity (Wildman–Crippen MR) is 44.9 cm³/mol. The maximum atomic E-state index is 10.5. The summed E-state index contributed by atoms with van der Waals surface area (Å²) in [5.74, 6) is 0. The number of aryl methyl sites for hydroxylation is 1. The Balaban J connectivity index is 0. The van der Waals surface area contributed by atoms with Gasteiger partial charge in [-0.2, -0.15) is 0 Å². The van der Waals surface area contributed by atoms with E-state index in [-0.39, 0.29) is 44.8 Å². The van der Waals surface area contributed by atoms with E-state index in [0.717, 1.165) is 10.8 Å². The van der Waals surface area contributed by atoms with Crippen LogP contribution in [-0.4, -0.2) is 15.2 Å². The molecule has 0 spiro atoms. The van der Waals surface area contributed by atoms with Gasteiger partial charge in [0.25, 0.3) is 0 Å². The molecule has 0 unspecified atom stereocenters. The smallest absolute Gasteiger partial charge is 0.860 e. The van der Waals surface area contributed by atoms with Crippen LogP contribution in [0, 0.1) is 13.8 Å². The van der Waals surface area contributed by atoms with Crippen LogP contribution in [0.4, 0.5) is 0 Å². The van der Waals surface area contributed by atoms with Gasteiger partial charge in [0, 0.05) is 0 Å². The third kappa shape index (κ3) is 3.39. The van der Waals surface area contributed by atoms with Crippen molar-refractivity contribution in [2.24, 2.45) is 0 Å². The van der Waals surface area contributed by atoms with Gasteiger partial charge < -0.3 is 10.3 Å². The Labute approximate surface area is 97.5 Å². The van der Waals surface area contributed by atoms with Crippen LogP contribution < -0.4 is 39.5 Å². The molecule has 0 bridgehead atoms. The minimum absolute atomic E-state index is 0. The molecule has 4 heteroatoms. The van der Waals surface area contributed by atoms with Crippen molar-refractivity contribution < 1.29 is 39.8 Å². The molecule has 12 heavy (non-hydrogen) atoms. The van der Waals surface area contributed by atoms with Crippen molar-refractivity contribution in [2.45, 2.75) is 13.8 Å². The Bertz CT molecular complexity index is 240. The van der Waals surface area contributed by atoms with Gasteiger partial charge in [0.05, 0.1) is 0 Å². The van der Waals surface area contributed by atoms with Gasteiger partial charge in [-0.05, 0) is 29.2 Å². The first-order chi connectivity index (χ1) is 4.75. The fourth-order valence-electron chi connectivity index (χ4n) is 0.862. The number of benzene rings is 1. The van der Waals surface area contributed by atoms with Gasteiger partial charge in [-0.25, -0.2) is 0 Å². The van der Waals surface area contributed by atoms with E-state index in [1.165, 1.54) is 5.56 Å². The quantitative estimate of drug-likeness (QED) is 0.417. The summed E-state index contributed by atoms with van der Waals surface area (Å²) in [6.45, 7) is 4.02. The zero-order valence-corrected chi connectivity index (χ0v) is 10.6. The van der Waals surface area contributed by atoms with Gasteiger partial charge in [-0.1, -0.05) is 28.9 Å². The summed E-state index contributed by atoms with van der Waals surface area (Å²) < 4.78 is 0. The van der Waals surface area contributed by atoms with Crippen molar-refractivity contribution in [1.29, 1.82) is 0 Å². The summed E-state index contributed by atoms with van der Waals surface area (Å²) in [5, 5.41) is 0.944. The van der Waals surface area contributed by atoms with E-state index in [1.54, 1.807) is 0 Å². The van der Waals surface area contributed by atoms with Crippen LogP contribution in [0.3, 0.4) is 0 Å². The normalized spacial score (nSPS) is 8.25. The van der Waals surface area contributed by atoms with Crippen molar-refractivity contribution >= 4 is 14.9 Å². The molecule has 2 N–H and O–H groups in total. The van der Waals surface area contributed by atoms with E-state index < -0.39 is 0 Å². The summed E-state index contributed by atoms with van der Waals surface area (Å²) in [6.07, 6.45) is 0. The van der Waals surface area contributed by atoms with Crippen LogP contribution in [0.2, 0.25) is 0 Å². The molecule has 0 saturated carbocycles. The third-order valence-corrected chi connectivity index (χ3v) is 2.48. The second kappa shape index (κ2) is 6.83. The van der Waals surface area contributed by atoms with Gasteiger partial charge in [0.1, 0.15) is 0 Å². The zero-order chi connectivity index (χ0) is 7.56. The monoisotopic (exact) mass is 190 g/mol. The first kappa shape index (κ1) is 14.9. The second-order valence-electron chi connectivity index (χ2n) is 2.35. The third-order valence-electron chi connectivity index (χ3n) is 1.71. The molecule has 1 rings (SSSR count). The molecule has 2 radical (unpaired) electrons. The summed E-state index contributed by atoms with van der Waals surface area (Å²) >= 11 is 0. The SMILES string of the molecule is Cc1cccc([Si][O-])c1C.O.[Na+]. The molecule has 0 atom stereocenters. The molecular formula is C8H11NaO2Si. The first-order valence-corrected chi connectivity index (χ1v) is 4.11. The van der Waals surface area contributed by atoms with Crippen LogP contribution in [-0.2, 0) is 0 Å². The van der Waals surface area contributed by atoms with E-state index in [2.05, 4.69) is 0 Å². The molecule has 1 aromatic carbocycles. The van der Waals surface area contributed by atoms with E-state index >= 15 is 0 Å². The molecule has 0 aliphatic carbocycles. The number of rotatable bonds is 1. The van der Waals surface area contributed by atoms with Crippen LogP contribution in [0.5, 0.6) is 0 Å². The van der Waals surface area contributed by atoms with Gasteiger partial charge in [0.15, 0.2) is 0 Å². The molecule has 0 heterocycles. The number of hydrogen-bond acceptors (Lipinski definition) is 1. The molecular weight excluding hydrogens is 179 g/mol. The first-order valence-electron chi connectivity index (χ1n) is 3.20. The second-order valence-corrected chi connectivity index (χ2v) is 3.09. The fraction of sp³-hybridized carbons (Fsp3) is 0.250. The molecule has 0 fully saturated rings. The molecule has 0 aliphatic rings. The van der Waals surface area contributed by atoms with Gasteiger partial charge in [-0.15, -0.1) is 0 Å². The summed E-state index contributed by atoms with van der Waals surface area (Å²) in [6, 6.07) is 5.86. The molecule has 0 aromatic heterocycles. The summed E-state index contributed by atoms with van der Waals surface area (Å²) in [4.78, 5) is 10.5. The largest absolute Gasteiger partial charge is 1.00 e. The molecule has 2 nitrogen and oxygen atoms in total. The summed E-state index contributed by atoms with van der Waals surface area (Å²) in [5.41, 5.74) is 2.36. The minimum atomic E-state index is -0.325. The Morgan fingerprint density at radius 2 is 1.83 bits per heavy atom. The van der Waals surface area contributed by atoms with E-state index in [4.69, 9.17) is 0 Å². The minimum Gasteiger partial charge on any atom is -0.860 e. The van der Waals surface area contributed by atoms with E-state index in [1.807, 2.05) is 32.0 Å². The van der Waals surface area contributed by atoms with E-state index in [0.29, 0.717) is 0 Å². The Morgan fingerprint density at radius 3 is 2.25 bits per heavy atom. The summed E-state index contributed by atoms with van der Waals surface area (Å²) in [7, 11) is -0.325. The van der Waals surface area contributed by atoms with Crippen LogP contribution >= 0.6 is 0 Å². The van der Waals surface area contributed by atoms with Crippen molar-refractivity contribution in [3.63, 3.8) is 0 Å². The van der Waals surface area contributed by atoms with Crippen LogP contribution in [0.1, 0.15) is 11.1 Å². The molecule has 0 saturated heterocycles. The van der Waals surface area contributed by atoms with Gasteiger partial charge in [-0.3, -0.25) is 0 Å². The molecule has 1 aromatic rings.